The summed E-state index contributed by atoms with van der Waals surface area (Å²) >= 11 is 5.86. The van der Waals surface area contributed by atoms with Gasteiger partial charge in [0.25, 0.3) is 0 Å². The lowest BCUT2D eigenvalue weighted by Crippen LogP contribution is -1.99. The van der Waals surface area contributed by atoms with Gasteiger partial charge in [0.05, 0.1) is 5.02 Å². The minimum atomic E-state index is -0.375. The summed E-state index contributed by atoms with van der Waals surface area (Å²) in [6, 6.07) is 11.9. The minimum absolute atomic E-state index is 0.272. The lowest BCUT2D eigenvalue weighted by molar-refractivity contribution is 0.306. The highest BCUT2D eigenvalue weighted by atomic mass is 35.5. The van der Waals surface area contributed by atoms with E-state index in [1.807, 2.05) is 24.3 Å². The van der Waals surface area contributed by atoms with E-state index in [1.54, 1.807) is 0 Å². The molecule has 0 aromatic heterocycles. The highest BCUT2D eigenvalue weighted by molar-refractivity contribution is 6.32. The van der Waals surface area contributed by atoms with Crippen molar-refractivity contribution in [2.45, 2.75) is 13.2 Å². The zero-order valence-electron chi connectivity index (χ0n) is 9.70. The fourth-order valence-corrected chi connectivity index (χ4v) is 1.75. The van der Waals surface area contributed by atoms with E-state index in [2.05, 4.69) is 0 Å². The molecule has 0 unspecified atom stereocenters. The van der Waals surface area contributed by atoms with Crippen molar-refractivity contribution >= 4 is 11.6 Å². The molecule has 2 N–H and O–H groups in total. The fourth-order valence-electron chi connectivity index (χ4n) is 1.52. The molecule has 0 aliphatic heterocycles. The second-order valence-corrected chi connectivity index (χ2v) is 4.29. The molecule has 0 spiro atoms. The van der Waals surface area contributed by atoms with Gasteiger partial charge in [-0.2, -0.15) is 0 Å². The molecule has 2 nitrogen and oxygen atoms in total. The summed E-state index contributed by atoms with van der Waals surface area (Å²) < 4.78 is 18.4. The molecule has 0 saturated carbocycles. The van der Waals surface area contributed by atoms with Crippen molar-refractivity contribution in [3.05, 3.63) is 64.4 Å². The van der Waals surface area contributed by atoms with Gasteiger partial charge in [0.2, 0.25) is 0 Å². The van der Waals surface area contributed by atoms with Gasteiger partial charge in [-0.15, -0.1) is 0 Å². The Labute approximate surface area is 110 Å². The maximum absolute atomic E-state index is 12.8. The Kier molecular flexibility index (Phi) is 4.18. The van der Waals surface area contributed by atoms with Gasteiger partial charge in [-0.25, -0.2) is 4.39 Å². The molecular formula is C14H13ClFNO. The van der Waals surface area contributed by atoms with Gasteiger partial charge in [-0.3, -0.25) is 0 Å². The van der Waals surface area contributed by atoms with Crippen molar-refractivity contribution in [3.8, 4) is 5.75 Å². The molecule has 0 amide bonds. The van der Waals surface area contributed by atoms with E-state index in [0.29, 0.717) is 18.9 Å². The van der Waals surface area contributed by atoms with Crippen LogP contribution in [0.3, 0.4) is 0 Å². The Hall–Kier alpha value is -1.58. The Bertz CT molecular complexity index is 528. The molecule has 94 valence electrons. The summed E-state index contributed by atoms with van der Waals surface area (Å²) in [5.74, 6) is 0.0978. The normalized spacial score (nSPS) is 10.4. The van der Waals surface area contributed by atoms with E-state index >= 15 is 0 Å². The summed E-state index contributed by atoms with van der Waals surface area (Å²) in [6.07, 6.45) is 0. The molecule has 0 bridgehead atoms. The van der Waals surface area contributed by atoms with Gasteiger partial charge in [-0.05, 0) is 29.3 Å². The Morgan fingerprint density at radius 2 is 1.72 bits per heavy atom. The second-order valence-electron chi connectivity index (χ2n) is 3.88. The van der Waals surface area contributed by atoms with Crippen LogP contribution in [0.1, 0.15) is 11.1 Å². The maximum Gasteiger partial charge on any atom is 0.138 e. The maximum atomic E-state index is 12.8. The molecule has 0 aliphatic carbocycles. The van der Waals surface area contributed by atoms with Gasteiger partial charge in [0, 0.05) is 6.54 Å². The Morgan fingerprint density at radius 1 is 1.06 bits per heavy atom. The van der Waals surface area contributed by atoms with E-state index in [1.165, 1.54) is 18.2 Å². The number of hydrogen-bond donors (Lipinski definition) is 1. The molecule has 4 heteroatoms. The molecule has 0 atom stereocenters. The number of benzene rings is 2. The zero-order chi connectivity index (χ0) is 13.0. The van der Waals surface area contributed by atoms with Crippen molar-refractivity contribution in [1.29, 1.82) is 0 Å². The van der Waals surface area contributed by atoms with Gasteiger partial charge < -0.3 is 10.5 Å². The quantitative estimate of drug-likeness (QED) is 0.918. The monoisotopic (exact) mass is 265 g/mol. The lowest BCUT2D eigenvalue weighted by atomic mass is 10.1. The van der Waals surface area contributed by atoms with E-state index in [4.69, 9.17) is 22.1 Å². The summed E-state index contributed by atoms with van der Waals surface area (Å²) in [5, 5.41) is 0.272. The number of hydrogen-bond acceptors (Lipinski definition) is 2. The molecule has 0 fully saturated rings. The zero-order valence-corrected chi connectivity index (χ0v) is 10.5. The highest BCUT2D eigenvalue weighted by Gasteiger charge is 2.03. The first-order valence-corrected chi connectivity index (χ1v) is 5.92. The number of nitrogens with two attached hydrogens (primary N) is 1. The van der Waals surface area contributed by atoms with Crippen molar-refractivity contribution in [1.82, 2.24) is 0 Å². The van der Waals surface area contributed by atoms with Crippen molar-refractivity contribution in [2.24, 2.45) is 5.73 Å². The molecule has 18 heavy (non-hydrogen) atoms. The molecule has 0 radical (unpaired) electrons. The van der Waals surface area contributed by atoms with Crippen LogP contribution in [0.25, 0.3) is 0 Å². The van der Waals surface area contributed by atoms with Crippen LogP contribution in [0.4, 0.5) is 4.39 Å². The average molecular weight is 266 g/mol. The predicted octanol–water partition coefficient (Wildman–Crippen LogP) is 3.52. The van der Waals surface area contributed by atoms with E-state index < -0.39 is 0 Å². The van der Waals surface area contributed by atoms with Crippen LogP contribution in [0, 0.1) is 5.82 Å². The molecule has 2 aromatic carbocycles. The predicted molar refractivity (Wildman–Crippen MR) is 70.1 cm³/mol. The van der Waals surface area contributed by atoms with Crippen LogP contribution < -0.4 is 10.5 Å². The first-order chi connectivity index (χ1) is 8.69. The molecule has 2 rings (SSSR count). The third-order valence-corrected chi connectivity index (χ3v) is 2.84. The minimum Gasteiger partial charge on any atom is -0.487 e. The third-order valence-electron chi connectivity index (χ3n) is 2.55. The average Bonchev–Trinajstić information content (AvgIpc) is 2.38. The van der Waals surface area contributed by atoms with Gasteiger partial charge in [-0.1, -0.05) is 35.9 Å². The molecular weight excluding hydrogens is 253 g/mol. The molecule has 0 heterocycles. The van der Waals surface area contributed by atoms with Crippen LogP contribution in [-0.2, 0) is 13.2 Å². The fraction of sp³-hybridized carbons (Fsp3) is 0.143. The Balaban J connectivity index is 2.02. The van der Waals surface area contributed by atoms with Crippen LogP contribution in [0.15, 0.2) is 42.5 Å². The molecule has 2 aromatic rings. The summed E-state index contributed by atoms with van der Waals surface area (Å²) in [7, 11) is 0. The van der Waals surface area contributed by atoms with Crippen LogP contribution in [0.5, 0.6) is 5.75 Å². The number of rotatable bonds is 4. The first kappa shape index (κ1) is 12.9. The van der Waals surface area contributed by atoms with Crippen LogP contribution >= 0.6 is 11.6 Å². The molecule has 0 aliphatic rings. The summed E-state index contributed by atoms with van der Waals surface area (Å²) in [5.41, 5.74) is 7.59. The highest BCUT2D eigenvalue weighted by Crippen LogP contribution is 2.25. The van der Waals surface area contributed by atoms with Crippen molar-refractivity contribution in [2.75, 3.05) is 0 Å². The van der Waals surface area contributed by atoms with E-state index in [-0.39, 0.29) is 10.8 Å². The van der Waals surface area contributed by atoms with Gasteiger partial charge in [0.1, 0.15) is 18.2 Å². The lowest BCUT2D eigenvalue weighted by Gasteiger charge is -2.08. The number of halogens is 2. The van der Waals surface area contributed by atoms with Gasteiger partial charge in [0.15, 0.2) is 0 Å². The van der Waals surface area contributed by atoms with Crippen LogP contribution in [0.2, 0.25) is 5.02 Å². The summed E-state index contributed by atoms with van der Waals surface area (Å²) in [6.45, 7) is 0.904. The third kappa shape index (κ3) is 3.22. The first-order valence-electron chi connectivity index (χ1n) is 5.55. The Morgan fingerprint density at radius 3 is 2.33 bits per heavy atom. The second kappa shape index (κ2) is 5.85. The van der Waals surface area contributed by atoms with Crippen molar-refractivity contribution in [3.63, 3.8) is 0 Å². The van der Waals surface area contributed by atoms with E-state index in [0.717, 1.165) is 11.1 Å². The topological polar surface area (TPSA) is 35.2 Å². The van der Waals surface area contributed by atoms with Crippen molar-refractivity contribution < 1.29 is 9.13 Å². The summed E-state index contributed by atoms with van der Waals surface area (Å²) in [4.78, 5) is 0. The molecule has 0 saturated heterocycles. The smallest absolute Gasteiger partial charge is 0.138 e. The van der Waals surface area contributed by atoms with Gasteiger partial charge >= 0.3 is 0 Å². The van der Waals surface area contributed by atoms with Crippen LogP contribution in [-0.4, -0.2) is 0 Å². The number of ether oxygens (including phenoxy) is 1. The van der Waals surface area contributed by atoms with E-state index in [9.17, 15) is 4.39 Å². The standard InChI is InChI=1S/C14H13ClFNO/c15-13-7-12(16)5-6-14(13)18-9-11-3-1-10(8-17)2-4-11/h1-7H,8-9,17H2. The largest absolute Gasteiger partial charge is 0.487 e. The SMILES string of the molecule is NCc1ccc(COc2ccc(F)cc2Cl)cc1.